The van der Waals surface area contributed by atoms with Crippen LogP contribution >= 0.6 is 0 Å². The van der Waals surface area contributed by atoms with Crippen LogP contribution in [0.2, 0.25) is 0 Å². The summed E-state index contributed by atoms with van der Waals surface area (Å²) in [6, 6.07) is 5.00. The molecule has 2 aromatic rings. The fourth-order valence-electron chi connectivity index (χ4n) is 1.53. The van der Waals surface area contributed by atoms with Crippen molar-refractivity contribution in [1.82, 2.24) is 9.55 Å². The molecule has 0 aliphatic heterocycles. The summed E-state index contributed by atoms with van der Waals surface area (Å²) >= 11 is 0. The minimum atomic E-state index is -1.04. The zero-order valence-electron chi connectivity index (χ0n) is 8.67. The maximum Gasteiger partial charge on any atom is 0.337 e. The second-order valence-electron chi connectivity index (χ2n) is 3.18. The summed E-state index contributed by atoms with van der Waals surface area (Å²) in [7, 11) is 5.73. The lowest BCUT2D eigenvalue weighted by atomic mass is 10.2. The molecule has 0 saturated carbocycles. The van der Waals surface area contributed by atoms with Gasteiger partial charge in [-0.1, -0.05) is 6.07 Å². The first-order valence-electron chi connectivity index (χ1n) is 4.77. The van der Waals surface area contributed by atoms with Gasteiger partial charge in [-0.05, 0) is 19.1 Å². The summed E-state index contributed by atoms with van der Waals surface area (Å²) in [5, 5.41) is 9.01. The number of hydrogen-bond donors (Lipinski definition) is 1. The van der Waals surface area contributed by atoms with E-state index >= 15 is 0 Å². The van der Waals surface area contributed by atoms with Crippen LogP contribution in [0.3, 0.4) is 0 Å². The van der Waals surface area contributed by atoms with Gasteiger partial charge in [-0.2, -0.15) is 4.98 Å². The number of ether oxygens (including phenoxy) is 1. The van der Waals surface area contributed by atoms with Crippen LogP contribution in [0.25, 0.3) is 11.0 Å². The number of aromatic carboxylic acids is 1. The van der Waals surface area contributed by atoms with E-state index in [9.17, 15) is 4.79 Å². The molecule has 82 valence electrons. The molecular formula is C11H10N2O3. The number of aromatic nitrogens is 2. The molecule has 0 fully saturated rings. The molecule has 16 heavy (non-hydrogen) atoms. The average molecular weight is 218 g/mol. The van der Waals surface area contributed by atoms with Crippen LogP contribution < -0.4 is 4.74 Å². The van der Waals surface area contributed by atoms with Gasteiger partial charge in [0.2, 0.25) is 0 Å². The Hall–Kier alpha value is -2.04. The molecule has 0 aliphatic carbocycles. The molecule has 2 rings (SSSR count). The van der Waals surface area contributed by atoms with Crippen molar-refractivity contribution in [3.8, 4) is 6.01 Å². The molecule has 0 unspecified atom stereocenters. The summed E-state index contributed by atoms with van der Waals surface area (Å²) in [6.45, 7) is 2.22. The van der Waals surface area contributed by atoms with Crippen molar-refractivity contribution in [2.24, 2.45) is 0 Å². The van der Waals surface area contributed by atoms with E-state index in [0.717, 1.165) is 4.57 Å². The lowest BCUT2D eigenvalue weighted by Crippen LogP contribution is -2.01. The highest BCUT2D eigenvalue weighted by Crippen LogP contribution is 2.23. The van der Waals surface area contributed by atoms with E-state index in [2.05, 4.69) is 4.98 Å². The largest absolute Gasteiger partial charge is 0.478 e. The van der Waals surface area contributed by atoms with Crippen LogP contribution in [-0.2, 0) is 0 Å². The summed E-state index contributed by atoms with van der Waals surface area (Å²) in [4.78, 5) is 15.1. The molecule has 0 saturated heterocycles. The fourth-order valence-corrected chi connectivity index (χ4v) is 1.53. The van der Waals surface area contributed by atoms with E-state index in [-0.39, 0.29) is 11.6 Å². The van der Waals surface area contributed by atoms with Gasteiger partial charge in [0.25, 0.3) is 6.01 Å². The van der Waals surface area contributed by atoms with Crippen molar-refractivity contribution in [3.63, 3.8) is 0 Å². The van der Waals surface area contributed by atoms with Gasteiger partial charge in [-0.15, -0.1) is 0 Å². The molecule has 5 nitrogen and oxygen atoms in total. The SMILES string of the molecule is [CH]n1c(OCC)nc2cccc(C(=O)O)c21. The lowest BCUT2D eigenvalue weighted by Gasteiger charge is -2.02. The van der Waals surface area contributed by atoms with Gasteiger partial charge in [-0.3, -0.25) is 4.57 Å². The average Bonchev–Trinajstić information content (AvgIpc) is 2.57. The second kappa shape index (κ2) is 3.84. The summed E-state index contributed by atoms with van der Waals surface area (Å²) in [5.74, 6) is -1.04. The third-order valence-electron chi connectivity index (χ3n) is 2.18. The molecule has 1 N–H and O–H groups in total. The van der Waals surface area contributed by atoms with E-state index in [4.69, 9.17) is 16.9 Å². The molecule has 0 amide bonds. The van der Waals surface area contributed by atoms with Crippen molar-refractivity contribution >= 4 is 17.0 Å². The van der Waals surface area contributed by atoms with Crippen molar-refractivity contribution in [3.05, 3.63) is 30.8 Å². The Morgan fingerprint density at radius 2 is 2.38 bits per heavy atom. The minimum absolute atomic E-state index is 0.110. The first-order valence-corrected chi connectivity index (χ1v) is 4.77. The molecule has 0 bridgehead atoms. The highest BCUT2D eigenvalue weighted by molar-refractivity contribution is 6.01. The highest BCUT2D eigenvalue weighted by atomic mass is 16.5. The second-order valence-corrected chi connectivity index (χ2v) is 3.18. The van der Waals surface area contributed by atoms with E-state index in [1.54, 1.807) is 19.1 Å². The number of nitrogens with zero attached hydrogens (tertiary/aromatic N) is 2. The Bertz CT molecular complexity index is 545. The fraction of sp³-hybridized carbons (Fsp3) is 0.182. The van der Waals surface area contributed by atoms with Gasteiger partial charge in [-0.25, -0.2) is 4.79 Å². The smallest absolute Gasteiger partial charge is 0.337 e. The first-order chi connectivity index (χ1) is 7.65. The number of imidazole rings is 1. The zero-order valence-corrected chi connectivity index (χ0v) is 8.67. The minimum Gasteiger partial charge on any atom is -0.478 e. The number of carboxylic acids is 1. The molecule has 0 aliphatic rings. The number of fused-ring (bicyclic) bond motifs is 1. The number of carboxylic acid groups (broad SMARTS) is 1. The van der Waals surface area contributed by atoms with E-state index < -0.39 is 5.97 Å². The molecule has 2 radical (unpaired) electrons. The Morgan fingerprint density at radius 1 is 1.62 bits per heavy atom. The van der Waals surface area contributed by atoms with Crippen LogP contribution in [-0.4, -0.2) is 27.2 Å². The van der Waals surface area contributed by atoms with Gasteiger partial charge in [0.1, 0.15) is 0 Å². The number of para-hydroxylation sites is 1. The Balaban J connectivity index is 2.72. The maximum atomic E-state index is 11.0. The Kier molecular flexibility index (Phi) is 2.52. The molecule has 5 heteroatoms. The normalized spacial score (nSPS) is 10.6. The van der Waals surface area contributed by atoms with E-state index in [1.165, 1.54) is 6.07 Å². The lowest BCUT2D eigenvalue weighted by molar-refractivity contribution is 0.0698. The molecular weight excluding hydrogens is 208 g/mol. The van der Waals surface area contributed by atoms with Gasteiger partial charge in [0, 0.05) is 0 Å². The van der Waals surface area contributed by atoms with Crippen LogP contribution in [0.4, 0.5) is 0 Å². The van der Waals surface area contributed by atoms with Crippen molar-refractivity contribution in [1.29, 1.82) is 0 Å². The topological polar surface area (TPSA) is 64.4 Å². The van der Waals surface area contributed by atoms with Crippen LogP contribution in [0.5, 0.6) is 6.01 Å². The molecule has 1 heterocycles. The third-order valence-corrected chi connectivity index (χ3v) is 2.18. The van der Waals surface area contributed by atoms with Crippen LogP contribution in [0, 0.1) is 7.05 Å². The number of hydrogen-bond acceptors (Lipinski definition) is 3. The van der Waals surface area contributed by atoms with Crippen molar-refractivity contribution < 1.29 is 14.6 Å². The van der Waals surface area contributed by atoms with Gasteiger partial charge < -0.3 is 9.84 Å². The van der Waals surface area contributed by atoms with Gasteiger partial charge in [0.05, 0.1) is 30.3 Å². The number of rotatable bonds is 3. The first kappa shape index (κ1) is 10.5. The van der Waals surface area contributed by atoms with E-state index in [0.29, 0.717) is 17.6 Å². The van der Waals surface area contributed by atoms with Crippen molar-refractivity contribution in [2.75, 3.05) is 6.61 Å². The summed E-state index contributed by atoms with van der Waals surface area (Å²) in [6.07, 6.45) is 0. The molecule has 1 aromatic heterocycles. The predicted molar refractivity (Wildman–Crippen MR) is 57.6 cm³/mol. The summed E-state index contributed by atoms with van der Waals surface area (Å²) in [5.41, 5.74) is 0.975. The summed E-state index contributed by atoms with van der Waals surface area (Å²) < 4.78 is 6.35. The number of carbonyl (C=O) groups is 1. The molecule has 0 atom stereocenters. The maximum absolute atomic E-state index is 11.0. The molecule has 0 spiro atoms. The molecule has 1 aromatic carbocycles. The standard InChI is InChI=1S/C11H10N2O3/c1-3-16-11-12-8-6-4-5-7(10(14)15)9(8)13(11)2/h2,4-6H,3H2,1H3,(H,14,15). The van der Waals surface area contributed by atoms with Gasteiger partial charge in [0.15, 0.2) is 0 Å². The Labute approximate surface area is 92.3 Å². The van der Waals surface area contributed by atoms with Gasteiger partial charge >= 0.3 is 5.97 Å². The third kappa shape index (κ3) is 1.50. The highest BCUT2D eigenvalue weighted by Gasteiger charge is 2.15. The zero-order chi connectivity index (χ0) is 11.7. The quantitative estimate of drug-likeness (QED) is 0.850. The van der Waals surface area contributed by atoms with Crippen LogP contribution in [0.15, 0.2) is 18.2 Å². The monoisotopic (exact) mass is 218 g/mol. The predicted octanol–water partition coefficient (Wildman–Crippen LogP) is 1.65. The van der Waals surface area contributed by atoms with Crippen LogP contribution in [0.1, 0.15) is 17.3 Å². The number of benzene rings is 1. The Morgan fingerprint density at radius 3 is 3.00 bits per heavy atom. The van der Waals surface area contributed by atoms with Crippen molar-refractivity contribution in [2.45, 2.75) is 6.92 Å². The van der Waals surface area contributed by atoms with E-state index in [1.807, 2.05) is 0 Å².